The van der Waals surface area contributed by atoms with Crippen molar-refractivity contribution in [3.63, 3.8) is 0 Å². The van der Waals surface area contributed by atoms with Crippen LogP contribution < -0.4 is 0 Å². The average Bonchev–Trinajstić information content (AvgIpc) is 2.98. The Morgan fingerprint density at radius 2 is 1.74 bits per heavy atom. The van der Waals surface area contributed by atoms with Crippen molar-refractivity contribution in [3.05, 3.63) is 11.9 Å². The molecule has 0 fully saturated rings. The van der Waals surface area contributed by atoms with E-state index < -0.39 is 0 Å². The Morgan fingerprint density at radius 1 is 1.04 bits per heavy atom. The lowest BCUT2D eigenvalue weighted by Crippen LogP contribution is -2.06. The summed E-state index contributed by atoms with van der Waals surface area (Å²) in [6.45, 7) is 5.25. The lowest BCUT2D eigenvalue weighted by Gasteiger charge is -2.01. The number of nitrogens with zero attached hydrogens (tertiary/aromatic N) is 3. The molecule has 0 radical (unpaired) electrons. The summed E-state index contributed by atoms with van der Waals surface area (Å²) >= 11 is 0. The summed E-state index contributed by atoms with van der Waals surface area (Å²) in [5.74, 6) is -0.133. The van der Waals surface area contributed by atoms with Crippen molar-refractivity contribution in [1.29, 1.82) is 0 Å². The summed E-state index contributed by atoms with van der Waals surface area (Å²) in [5, 5.41) is 8.33. The molecule has 0 aliphatic heterocycles. The predicted molar refractivity (Wildman–Crippen MR) is 92.2 cm³/mol. The van der Waals surface area contributed by atoms with Gasteiger partial charge in [0, 0.05) is 19.2 Å². The SMILES string of the molecule is CCCCCCCCCCc1cn(CCCC(=O)OCC)nn1. The van der Waals surface area contributed by atoms with Crippen molar-refractivity contribution in [2.24, 2.45) is 0 Å². The highest BCUT2D eigenvalue weighted by molar-refractivity contribution is 5.69. The highest BCUT2D eigenvalue weighted by atomic mass is 16.5. The normalized spacial score (nSPS) is 10.9. The fourth-order valence-electron chi connectivity index (χ4n) is 2.62. The quantitative estimate of drug-likeness (QED) is 0.378. The summed E-state index contributed by atoms with van der Waals surface area (Å²) in [5.41, 5.74) is 1.06. The van der Waals surface area contributed by atoms with Gasteiger partial charge in [-0.2, -0.15) is 0 Å². The van der Waals surface area contributed by atoms with Gasteiger partial charge in [-0.25, -0.2) is 0 Å². The summed E-state index contributed by atoms with van der Waals surface area (Å²) in [7, 11) is 0. The van der Waals surface area contributed by atoms with Crippen molar-refractivity contribution in [2.75, 3.05) is 6.61 Å². The minimum Gasteiger partial charge on any atom is -0.466 e. The molecule has 1 aromatic rings. The molecule has 1 aromatic heterocycles. The first-order valence-corrected chi connectivity index (χ1v) is 9.30. The molecule has 132 valence electrons. The molecule has 0 aliphatic rings. The smallest absolute Gasteiger partial charge is 0.305 e. The molecule has 0 amide bonds. The Morgan fingerprint density at radius 3 is 2.43 bits per heavy atom. The summed E-state index contributed by atoms with van der Waals surface area (Å²) in [6, 6.07) is 0. The third kappa shape index (κ3) is 10.1. The van der Waals surface area contributed by atoms with Crippen LogP contribution >= 0.6 is 0 Å². The van der Waals surface area contributed by atoms with E-state index in [1.54, 1.807) is 0 Å². The van der Waals surface area contributed by atoms with E-state index in [1.807, 2.05) is 17.8 Å². The minimum atomic E-state index is -0.133. The second kappa shape index (κ2) is 13.1. The maximum Gasteiger partial charge on any atom is 0.305 e. The minimum absolute atomic E-state index is 0.133. The topological polar surface area (TPSA) is 57.0 Å². The van der Waals surface area contributed by atoms with E-state index in [0.717, 1.165) is 25.1 Å². The van der Waals surface area contributed by atoms with Gasteiger partial charge in [-0.3, -0.25) is 9.48 Å². The molecule has 0 spiro atoms. The zero-order chi connectivity index (χ0) is 16.8. The maximum absolute atomic E-state index is 11.3. The van der Waals surface area contributed by atoms with Crippen LogP contribution in [0.25, 0.3) is 0 Å². The maximum atomic E-state index is 11.3. The summed E-state index contributed by atoms with van der Waals surface area (Å²) < 4.78 is 6.74. The van der Waals surface area contributed by atoms with Gasteiger partial charge in [-0.1, -0.05) is 57.1 Å². The zero-order valence-electron chi connectivity index (χ0n) is 14.9. The zero-order valence-corrected chi connectivity index (χ0v) is 14.9. The third-order valence-electron chi connectivity index (χ3n) is 3.95. The number of ether oxygens (including phenoxy) is 1. The number of carbonyl (C=O) groups is 1. The first kappa shape index (κ1) is 19.7. The molecule has 0 aromatic carbocycles. The van der Waals surface area contributed by atoms with Crippen molar-refractivity contribution < 1.29 is 9.53 Å². The fraction of sp³-hybridized carbons (Fsp3) is 0.833. The highest BCUT2D eigenvalue weighted by Gasteiger charge is 2.04. The molecule has 5 nitrogen and oxygen atoms in total. The van der Waals surface area contributed by atoms with Gasteiger partial charge in [-0.15, -0.1) is 5.10 Å². The van der Waals surface area contributed by atoms with Crippen LogP contribution in [-0.2, 0) is 22.5 Å². The van der Waals surface area contributed by atoms with E-state index in [2.05, 4.69) is 17.2 Å². The van der Waals surface area contributed by atoms with Crippen LogP contribution in [0.5, 0.6) is 0 Å². The van der Waals surface area contributed by atoms with Crippen LogP contribution in [-0.4, -0.2) is 27.6 Å². The van der Waals surface area contributed by atoms with E-state index in [4.69, 9.17) is 4.74 Å². The molecule has 0 saturated carbocycles. The first-order valence-electron chi connectivity index (χ1n) is 9.30. The van der Waals surface area contributed by atoms with Gasteiger partial charge >= 0.3 is 5.97 Å². The number of rotatable bonds is 14. The van der Waals surface area contributed by atoms with Crippen molar-refractivity contribution in [3.8, 4) is 0 Å². The Hall–Kier alpha value is -1.39. The largest absolute Gasteiger partial charge is 0.466 e. The first-order chi connectivity index (χ1) is 11.3. The van der Waals surface area contributed by atoms with Crippen LogP contribution in [0.1, 0.15) is 83.7 Å². The Labute approximate surface area is 140 Å². The standard InChI is InChI=1S/C18H33N3O2/c1-3-5-6-7-8-9-10-11-13-17-16-21(20-19-17)15-12-14-18(22)23-4-2/h16H,3-15H2,1-2H3. The second-order valence-electron chi connectivity index (χ2n) is 6.11. The molecule has 1 rings (SSSR count). The van der Waals surface area contributed by atoms with E-state index in [-0.39, 0.29) is 5.97 Å². The van der Waals surface area contributed by atoms with Crippen LogP contribution in [0, 0.1) is 0 Å². The number of carbonyl (C=O) groups excluding carboxylic acids is 1. The highest BCUT2D eigenvalue weighted by Crippen LogP contribution is 2.10. The Bertz CT molecular complexity index is 418. The van der Waals surface area contributed by atoms with Crippen molar-refractivity contribution >= 4 is 5.97 Å². The summed E-state index contributed by atoms with van der Waals surface area (Å²) in [6.07, 6.45) is 14.8. The van der Waals surface area contributed by atoms with Gasteiger partial charge in [0.15, 0.2) is 0 Å². The molecule has 23 heavy (non-hydrogen) atoms. The number of esters is 1. The lowest BCUT2D eigenvalue weighted by atomic mass is 10.1. The van der Waals surface area contributed by atoms with Crippen molar-refractivity contribution in [1.82, 2.24) is 15.0 Å². The van der Waals surface area contributed by atoms with E-state index in [1.165, 1.54) is 51.4 Å². The van der Waals surface area contributed by atoms with Gasteiger partial charge < -0.3 is 4.74 Å². The molecule has 1 heterocycles. The van der Waals surface area contributed by atoms with Gasteiger partial charge in [0.05, 0.1) is 12.3 Å². The molecule has 0 unspecified atom stereocenters. The molecule has 0 atom stereocenters. The number of unbranched alkanes of at least 4 members (excludes halogenated alkanes) is 7. The molecule has 0 N–H and O–H groups in total. The van der Waals surface area contributed by atoms with Crippen LogP contribution in [0.2, 0.25) is 0 Å². The fourth-order valence-corrected chi connectivity index (χ4v) is 2.62. The molecule has 0 bridgehead atoms. The van der Waals surface area contributed by atoms with Gasteiger partial charge in [0.1, 0.15) is 0 Å². The lowest BCUT2D eigenvalue weighted by molar-refractivity contribution is -0.143. The molecule has 0 aliphatic carbocycles. The Balaban J connectivity index is 2.04. The van der Waals surface area contributed by atoms with Gasteiger partial charge in [0.2, 0.25) is 0 Å². The Kier molecular flexibility index (Phi) is 11.2. The third-order valence-corrected chi connectivity index (χ3v) is 3.95. The molecule has 5 heteroatoms. The van der Waals surface area contributed by atoms with Crippen molar-refractivity contribution in [2.45, 2.75) is 91.0 Å². The molecular formula is C18H33N3O2. The number of aryl methyl sites for hydroxylation is 2. The summed E-state index contributed by atoms with van der Waals surface area (Å²) in [4.78, 5) is 11.3. The van der Waals surface area contributed by atoms with Gasteiger partial charge in [-0.05, 0) is 26.2 Å². The molecular weight excluding hydrogens is 290 g/mol. The number of hydrogen-bond acceptors (Lipinski definition) is 4. The average molecular weight is 323 g/mol. The van der Waals surface area contributed by atoms with Crippen LogP contribution in [0.3, 0.4) is 0 Å². The van der Waals surface area contributed by atoms with Crippen LogP contribution in [0.4, 0.5) is 0 Å². The van der Waals surface area contributed by atoms with Gasteiger partial charge in [0.25, 0.3) is 0 Å². The molecule has 0 saturated heterocycles. The van der Waals surface area contributed by atoms with Crippen LogP contribution in [0.15, 0.2) is 6.20 Å². The monoisotopic (exact) mass is 323 g/mol. The second-order valence-corrected chi connectivity index (χ2v) is 6.11. The van der Waals surface area contributed by atoms with E-state index in [0.29, 0.717) is 13.0 Å². The number of hydrogen-bond donors (Lipinski definition) is 0. The number of aromatic nitrogens is 3. The predicted octanol–water partition coefficient (Wildman–Crippen LogP) is 4.30. The van der Waals surface area contributed by atoms with E-state index >= 15 is 0 Å². The van der Waals surface area contributed by atoms with E-state index in [9.17, 15) is 4.79 Å².